The second kappa shape index (κ2) is 10.3. The Bertz CT molecular complexity index is 709. The summed E-state index contributed by atoms with van der Waals surface area (Å²) in [7, 11) is 0. The van der Waals surface area contributed by atoms with Gasteiger partial charge in [-0.05, 0) is 66.3 Å². The van der Waals surface area contributed by atoms with E-state index < -0.39 is 0 Å². The van der Waals surface area contributed by atoms with Crippen LogP contribution in [-0.4, -0.2) is 48.2 Å². The Balaban J connectivity index is 1.45. The second-order valence-electron chi connectivity index (χ2n) is 7.01. The third kappa shape index (κ3) is 6.56. The summed E-state index contributed by atoms with van der Waals surface area (Å²) in [5.74, 6) is 1.21. The Kier molecular flexibility index (Phi) is 7.54. The number of hydrogen-bond donors (Lipinski definition) is 3. The van der Waals surface area contributed by atoms with Crippen molar-refractivity contribution in [1.29, 1.82) is 0 Å². The minimum absolute atomic E-state index is 0.315. The van der Waals surface area contributed by atoms with Crippen LogP contribution < -0.4 is 10.6 Å². The van der Waals surface area contributed by atoms with Crippen molar-refractivity contribution >= 4 is 17.3 Å². The highest BCUT2D eigenvalue weighted by molar-refractivity contribution is 7.07. The number of hydrogen-bond acceptors (Lipinski definition) is 4. The van der Waals surface area contributed by atoms with Gasteiger partial charge >= 0.3 is 0 Å². The number of rotatable bonds is 7. The molecule has 6 heteroatoms. The van der Waals surface area contributed by atoms with E-state index in [1.165, 1.54) is 5.56 Å². The first-order valence-corrected chi connectivity index (χ1v) is 10.7. The number of piperidine rings is 1. The van der Waals surface area contributed by atoms with E-state index in [9.17, 15) is 5.11 Å². The lowest BCUT2D eigenvalue weighted by Gasteiger charge is -2.33. The lowest BCUT2D eigenvalue weighted by atomic mass is 10.0. The summed E-state index contributed by atoms with van der Waals surface area (Å²) < 4.78 is 0. The summed E-state index contributed by atoms with van der Waals surface area (Å²) in [5, 5.41) is 20.9. The average molecular weight is 387 g/mol. The lowest BCUT2D eigenvalue weighted by Crippen LogP contribution is -2.48. The third-order valence-electron chi connectivity index (χ3n) is 4.84. The first-order valence-electron chi connectivity index (χ1n) is 9.79. The number of benzene rings is 1. The summed E-state index contributed by atoms with van der Waals surface area (Å²) >= 11 is 1.77. The highest BCUT2D eigenvalue weighted by Crippen LogP contribution is 2.15. The molecule has 1 aromatic carbocycles. The largest absolute Gasteiger partial charge is 0.508 e. The molecule has 1 aliphatic heterocycles. The molecule has 3 N–H and O–H groups in total. The van der Waals surface area contributed by atoms with Crippen LogP contribution in [0.2, 0.25) is 0 Å². The van der Waals surface area contributed by atoms with Crippen molar-refractivity contribution < 1.29 is 5.11 Å². The molecule has 0 unspecified atom stereocenters. The zero-order chi connectivity index (χ0) is 18.9. The Morgan fingerprint density at radius 2 is 2.11 bits per heavy atom. The Morgan fingerprint density at radius 3 is 2.81 bits per heavy atom. The predicted octanol–water partition coefficient (Wildman–Crippen LogP) is 3.22. The predicted molar refractivity (Wildman–Crippen MR) is 114 cm³/mol. The molecular formula is C21H30N4OS. The number of phenols is 1. The van der Waals surface area contributed by atoms with Gasteiger partial charge in [0, 0.05) is 38.8 Å². The molecule has 0 aliphatic carbocycles. The Labute approximate surface area is 166 Å². The van der Waals surface area contributed by atoms with Crippen LogP contribution in [0, 0.1) is 0 Å². The molecule has 0 spiro atoms. The van der Waals surface area contributed by atoms with Gasteiger partial charge in [-0.2, -0.15) is 11.3 Å². The number of likely N-dealkylation sites (tertiary alicyclic amines) is 1. The summed E-state index contributed by atoms with van der Waals surface area (Å²) in [6, 6.07) is 10.1. The highest BCUT2D eigenvalue weighted by atomic mass is 32.1. The van der Waals surface area contributed by atoms with Crippen LogP contribution in [0.1, 0.15) is 30.9 Å². The molecule has 0 amide bonds. The first kappa shape index (κ1) is 19.7. The van der Waals surface area contributed by atoms with E-state index in [1.807, 2.05) is 12.1 Å². The Hall–Kier alpha value is -2.05. The molecule has 27 heavy (non-hydrogen) atoms. The SMILES string of the molecule is CCNC(=NCCc1cccc(O)c1)NC1CCN(Cc2ccsc2)CC1. The maximum atomic E-state index is 9.56. The van der Waals surface area contributed by atoms with Gasteiger partial charge in [0.1, 0.15) is 5.75 Å². The normalized spacial score (nSPS) is 16.4. The van der Waals surface area contributed by atoms with Gasteiger partial charge in [0.05, 0.1) is 0 Å². The second-order valence-corrected chi connectivity index (χ2v) is 7.79. The third-order valence-corrected chi connectivity index (χ3v) is 5.57. The molecule has 3 rings (SSSR count). The minimum Gasteiger partial charge on any atom is -0.508 e. The van der Waals surface area contributed by atoms with Gasteiger partial charge < -0.3 is 15.7 Å². The molecule has 0 atom stereocenters. The van der Waals surface area contributed by atoms with Gasteiger partial charge in [-0.1, -0.05) is 12.1 Å². The first-order chi connectivity index (χ1) is 13.2. The molecular weight excluding hydrogens is 356 g/mol. The Morgan fingerprint density at radius 1 is 1.26 bits per heavy atom. The number of aromatic hydroxyl groups is 1. The molecule has 2 heterocycles. The fraction of sp³-hybridized carbons (Fsp3) is 0.476. The molecule has 5 nitrogen and oxygen atoms in total. The van der Waals surface area contributed by atoms with Gasteiger partial charge in [0.25, 0.3) is 0 Å². The zero-order valence-electron chi connectivity index (χ0n) is 16.0. The van der Waals surface area contributed by atoms with E-state index >= 15 is 0 Å². The molecule has 1 saturated heterocycles. The highest BCUT2D eigenvalue weighted by Gasteiger charge is 2.20. The van der Waals surface area contributed by atoms with E-state index in [0.717, 1.165) is 57.0 Å². The van der Waals surface area contributed by atoms with E-state index in [4.69, 9.17) is 4.99 Å². The summed E-state index contributed by atoms with van der Waals surface area (Å²) in [5.41, 5.74) is 2.53. The molecule has 1 aromatic heterocycles. The molecule has 0 radical (unpaired) electrons. The van der Waals surface area contributed by atoms with E-state index in [2.05, 4.69) is 39.3 Å². The van der Waals surface area contributed by atoms with Gasteiger partial charge in [-0.15, -0.1) is 0 Å². The smallest absolute Gasteiger partial charge is 0.191 e. The van der Waals surface area contributed by atoms with Crippen molar-refractivity contribution in [2.75, 3.05) is 26.2 Å². The number of thiophene rings is 1. The van der Waals surface area contributed by atoms with E-state index in [0.29, 0.717) is 18.3 Å². The quantitative estimate of drug-likeness (QED) is 0.505. The van der Waals surface area contributed by atoms with E-state index in [-0.39, 0.29) is 0 Å². The van der Waals surface area contributed by atoms with E-state index in [1.54, 1.807) is 23.5 Å². The van der Waals surface area contributed by atoms with Crippen molar-refractivity contribution in [3.05, 3.63) is 52.2 Å². The summed E-state index contributed by atoms with van der Waals surface area (Å²) in [4.78, 5) is 7.25. The van der Waals surface area contributed by atoms with Crippen LogP contribution >= 0.6 is 11.3 Å². The fourth-order valence-electron chi connectivity index (χ4n) is 3.40. The van der Waals surface area contributed by atoms with Crippen LogP contribution in [-0.2, 0) is 13.0 Å². The van der Waals surface area contributed by atoms with Gasteiger partial charge in [0.15, 0.2) is 5.96 Å². The van der Waals surface area contributed by atoms with Crippen molar-refractivity contribution in [3.8, 4) is 5.75 Å². The fourth-order valence-corrected chi connectivity index (χ4v) is 4.06. The van der Waals surface area contributed by atoms with Crippen molar-refractivity contribution in [2.24, 2.45) is 4.99 Å². The number of guanidine groups is 1. The van der Waals surface area contributed by atoms with Crippen molar-refractivity contribution in [1.82, 2.24) is 15.5 Å². The number of nitrogens with one attached hydrogen (secondary N) is 2. The maximum Gasteiger partial charge on any atom is 0.191 e. The van der Waals surface area contributed by atoms with Crippen molar-refractivity contribution in [2.45, 2.75) is 38.8 Å². The molecule has 1 aliphatic rings. The number of phenolic OH excluding ortho intramolecular Hbond substituents is 1. The standard InChI is InChI=1S/C21H30N4OS/c1-2-22-21(23-10-6-17-4-3-5-20(26)14-17)24-19-7-11-25(12-8-19)15-18-9-13-27-16-18/h3-5,9,13-14,16,19,26H,2,6-8,10-12,15H2,1H3,(H2,22,23,24). The van der Waals surface area contributed by atoms with Crippen LogP contribution in [0.5, 0.6) is 5.75 Å². The van der Waals surface area contributed by atoms with Crippen LogP contribution in [0.3, 0.4) is 0 Å². The van der Waals surface area contributed by atoms with Gasteiger partial charge in [-0.3, -0.25) is 9.89 Å². The molecule has 1 fully saturated rings. The van der Waals surface area contributed by atoms with Crippen LogP contribution in [0.4, 0.5) is 0 Å². The topological polar surface area (TPSA) is 59.9 Å². The van der Waals surface area contributed by atoms with Crippen LogP contribution in [0.25, 0.3) is 0 Å². The molecule has 0 bridgehead atoms. The lowest BCUT2D eigenvalue weighted by molar-refractivity contribution is 0.198. The summed E-state index contributed by atoms with van der Waals surface area (Å²) in [6.45, 7) is 6.96. The number of nitrogens with zero attached hydrogens (tertiary/aromatic N) is 2. The van der Waals surface area contributed by atoms with Gasteiger partial charge in [-0.25, -0.2) is 0 Å². The maximum absolute atomic E-state index is 9.56. The molecule has 146 valence electrons. The molecule has 0 saturated carbocycles. The molecule has 2 aromatic rings. The monoisotopic (exact) mass is 386 g/mol. The summed E-state index contributed by atoms with van der Waals surface area (Å²) in [6.07, 6.45) is 3.10. The minimum atomic E-state index is 0.315. The zero-order valence-corrected chi connectivity index (χ0v) is 16.8. The van der Waals surface area contributed by atoms with Gasteiger partial charge in [0.2, 0.25) is 0 Å². The van der Waals surface area contributed by atoms with Crippen LogP contribution in [0.15, 0.2) is 46.1 Å². The average Bonchev–Trinajstić information content (AvgIpc) is 3.17. The van der Waals surface area contributed by atoms with Crippen molar-refractivity contribution in [3.63, 3.8) is 0 Å². The number of aliphatic imine (C=N–C) groups is 1.